The van der Waals surface area contributed by atoms with Crippen LogP contribution in [-0.2, 0) is 0 Å². The van der Waals surface area contributed by atoms with Gasteiger partial charge < -0.3 is 10.4 Å². The van der Waals surface area contributed by atoms with Crippen LogP contribution >= 0.6 is 0 Å². The van der Waals surface area contributed by atoms with Gasteiger partial charge >= 0.3 is 5.97 Å². The van der Waals surface area contributed by atoms with Crippen molar-refractivity contribution in [3.05, 3.63) is 66.4 Å². The molecule has 0 atom stereocenters. The van der Waals surface area contributed by atoms with E-state index in [2.05, 4.69) is 20.5 Å². The molecule has 0 unspecified atom stereocenters. The molecule has 0 saturated carbocycles. The second-order valence-corrected chi connectivity index (χ2v) is 4.55. The lowest BCUT2D eigenvalue weighted by molar-refractivity contribution is 0.0698. The summed E-state index contributed by atoms with van der Waals surface area (Å²) in [6.45, 7) is 0. The van der Waals surface area contributed by atoms with E-state index in [1.165, 1.54) is 18.2 Å². The highest BCUT2D eigenvalue weighted by Gasteiger charge is 2.14. The fraction of sp³-hybridized carbons (Fsp3) is 0. The number of carbonyl (C=O) groups is 2. The quantitative estimate of drug-likeness (QED) is 0.757. The van der Waals surface area contributed by atoms with E-state index in [0.717, 1.165) is 0 Å². The Bertz CT molecular complexity index is 844. The van der Waals surface area contributed by atoms with Crippen LogP contribution in [0.15, 0.2) is 55.1 Å². The summed E-state index contributed by atoms with van der Waals surface area (Å²) in [7, 11) is 0. The fourth-order valence-electron chi connectivity index (χ4n) is 1.94. The molecule has 3 aromatic rings. The summed E-state index contributed by atoms with van der Waals surface area (Å²) < 4.78 is 1.65. The predicted octanol–water partition coefficient (Wildman–Crippen LogP) is 1.61. The van der Waals surface area contributed by atoms with Crippen molar-refractivity contribution >= 4 is 17.6 Å². The number of hydrogen-bond acceptors (Lipinski definition) is 5. The molecule has 2 aromatic heterocycles. The maximum Gasteiger partial charge on any atom is 0.337 e. The van der Waals surface area contributed by atoms with Gasteiger partial charge in [0, 0.05) is 12.4 Å². The van der Waals surface area contributed by atoms with Crippen molar-refractivity contribution in [2.75, 3.05) is 5.32 Å². The Morgan fingerprint density at radius 3 is 2.57 bits per heavy atom. The first kappa shape index (κ1) is 14.4. The molecule has 0 aliphatic heterocycles. The van der Waals surface area contributed by atoms with Gasteiger partial charge in [0.2, 0.25) is 0 Å². The van der Waals surface area contributed by atoms with Crippen LogP contribution in [0.4, 0.5) is 5.69 Å². The Morgan fingerprint density at radius 1 is 1.09 bits per heavy atom. The van der Waals surface area contributed by atoms with Crippen LogP contribution in [0.3, 0.4) is 0 Å². The molecular formula is C15H11N5O3. The Kier molecular flexibility index (Phi) is 3.79. The van der Waals surface area contributed by atoms with Crippen molar-refractivity contribution in [1.82, 2.24) is 19.7 Å². The molecule has 0 aliphatic rings. The largest absolute Gasteiger partial charge is 0.478 e. The van der Waals surface area contributed by atoms with Crippen LogP contribution in [0.1, 0.15) is 20.8 Å². The molecule has 2 N–H and O–H groups in total. The normalized spacial score (nSPS) is 10.3. The Balaban J connectivity index is 1.80. The number of carboxylic acid groups (broad SMARTS) is 1. The van der Waals surface area contributed by atoms with E-state index in [9.17, 15) is 9.59 Å². The van der Waals surface area contributed by atoms with Gasteiger partial charge in [0.1, 0.15) is 6.33 Å². The number of carbonyl (C=O) groups excluding carboxylic acids is 1. The van der Waals surface area contributed by atoms with Gasteiger partial charge in [-0.2, -0.15) is 0 Å². The number of nitrogens with zero attached hydrogens (tertiary/aromatic N) is 4. The molecule has 0 saturated heterocycles. The molecule has 0 bridgehead atoms. The average molecular weight is 309 g/mol. The zero-order valence-corrected chi connectivity index (χ0v) is 11.7. The molecule has 0 fully saturated rings. The Morgan fingerprint density at radius 2 is 1.91 bits per heavy atom. The smallest absolute Gasteiger partial charge is 0.337 e. The van der Waals surface area contributed by atoms with Crippen molar-refractivity contribution in [1.29, 1.82) is 0 Å². The summed E-state index contributed by atoms with van der Waals surface area (Å²) in [5, 5.41) is 19.4. The number of carboxylic acids is 1. The van der Waals surface area contributed by atoms with Crippen molar-refractivity contribution in [2.45, 2.75) is 0 Å². The molecular weight excluding hydrogens is 298 g/mol. The van der Waals surface area contributed by atoms with Gasteiger partial charge in [-0.1, -0.05) is 12.1 Å². The number of aromatic nitrogens is 4. The minimum absolute atomic E-state index is 0.00356. The van der Waals surface area contributed by atoms with Gasteiger partial charge in [0.25, 0.3) is 5.91 Å². The maximum absolute atomic E-state index is 12.2. The first-order chi connectivity index (χ1) is 11.1. The molecule has 2 heterocycles. The summed E-state index contributed by atoms with van der Waals surface area (Å²) in [4.78, 5) is 27.2. The summed E-state index contributed by atoms with van der Waals surface area (Å²) >= 11 is 0. The molecule has 114 valence electrons. The van der Waals surface area contributed by atoms with E-state index in [1.54, 1.807) is 41.5 Å². The van der Waals surface area contributed by atoms with Gasteiger partial charge in [0.15, 0.2) is 11.5 Å². The van der Waals surface area contributed by atoms with E-state index < -0.39 is 11.9 Å². The van der Waals surface area contributed by atoms with Gasteiger partial charge in [0.05, 0.1) is 11.3 Å². The van der Waals surface area contributed by atoms with Crippen LogP contribution < -0.4 is 5.32 Å². The predicted molar refractivity (Wildman–Crippen MR) is 80.5 cm³/mol. The number of para-hydroxylation sites is 1. The summed E-state index contributed by atoms with van der Waals surface area (Å²) in [5.41, 5.74) is 0.281. The van der Waals surface area contributed by atoms with E-state index in [0.29, 0.717) is 5.82 Å². The number of benzene rings is 1. The molecule has 0 aliphatic carbocycles. The molecule has 0 spiro atoms. The van der Waals surface area contributed by atoms with Crippen LogP contribution in [-0.4, -0.2) is 36.7 Å². The second-order valence-electron chi connectivity index (χ2n) is 4.55. The third kappa shape index (κ3) is 3.05. The fourth-order valence-corrected chi connectivity index (χ4v) is 1.94. The number of nitrogens with one attached hydrogen (secondary N) is 1. The van der Waals surface area contributed by atoms with Crippen LogP contribution in [0.5, 0.6) is 0 Å². The molecule has 23 heavy (non-hydrogen) atoms. The number of hydrogen-bond donors (Lipinski definition) is 2. The minimum Gasteiger partial charge on any atom is -0.478 e. The molecule has 3 rings (SSSR count). The van der Waals surface area contributed by atoms with E-state index in [1.807, 2.05) is 0 Å². The second kappa shape index (κ2) is 6.06. The number of amides is 1. The average Bonchev–Trinajstić information content (AvgIpc) is 3.10. The van der Waals surface area contributed by atoms with Crippen molar-refractivity contribution in [3.63, 3.8) is 0 Å². The molecule has 1 aromatic carbocycles. The lowest BCUT2D eigenvalue weighted by atomic mass is 10.2. The number of aromatic carboxylic acids is 1. The highest BCUT2D eigenvalue weighted by molar-refractivity contribution is 6.06. The van der Waals surface area contributed by atoms with Gasteiger partial charge in [-0.05, 0) is 24.3 Å². The lowest BCUT2D eigenvalue weighted by Crippen LogP contribution is -2.17. The monoisotopic (exact) mass is 309 g/mol. The third-order valence-electron chi connectivity index (χ3n) is 3.06. The van der Waals surface area contributed by atoms with E-state index >= 15 is 0 Å². The standard InChI is InChI=1S/C15H11N5O3/c21-14(17-11-4-2-1-3-10(11)15(22)23)12-5-6-13(19-18-12)20-8-7-16-9-20/h1-9H,(H,17,21)(H,22,23). The molecule has 8 nitrogen and oxygen atoms in total. The van der Waals surface area contributed by atoms with Crippen LogP contribution in [0, 0.1) is 0 Å². The molecule has 8 heteroatoms. The van der Waals surface area contributed by atoms with E-state index in [4.69, 9.17) is 5.11 Å². The summed E-state index contributed by atoms with van der Waals surface area (Å²) in [5.74, 6) is -1.14. The Hall–Kier alpha value is -3.55. The highest BCUT2D eigenvalue weighted by atomic mass is 16.4. The van der Waals surface area contributed by atoms with Crippen LogP contribution in [0.2, 0.25) is 0 Å². The van der Waals surface area contributed by atoms with Crippen molar-refractivity contribution < 1.29 is 14.7 Å². The maximum atomic E-state index is 12.2. The third-order valence-corrected chi connectivity index (χ3v) is 3.06. The minimum atomic E-state index is -1.12. The zero-order valence-electron chi connectivity index (χ0n) is 11.7. The Labute approximate surface area is 130 Å². The van der Waals surface area contributed by atoms with Crippen molar-refractivity contribution in [2.24, 2.45) is 0 Å². The SMILES string of the molecule is O=C(Nc1ccccc1C(=O)O)c1ccc(-n2ccnc2)nn1. The van der Waals surface area contributed by atoms with Gasteiger partial charge in [-0.3, -0.25) is 9.36 Å². The number of anilines is 1. The van der Waals surface area contributed by atoms with Gasteiger partial charge in [-0.25, -0.2) is 9.78 Å². The molecule has 0 radical (unpaired) electrons. The van der Waals surface area contributed by atoms with Crippen LogP contribution in [0.25, 0.3) is 5.82 Å². The van der Waals surface area contributed by atoms with E-state index in [-0.39, 0.29) is 16.9 Å². The van der Waals surface area contributed by atoms with Crippen molar-refractivity contribution in [3.8, 4) is 5.82 Å². The lowest BCUT2D eigenvalue weighted by Gasteiger charge is -2.07. The summed E-state index contributed by atoms with van der Waals surface area (Å²) in [6.07, 6.45) is 4.87. The first-order valence-electron chi connectivity index (χ1n) is 6.61. The topological polar surface area (TPSA) is 110 Å². The zero-order chi connectivity index (χ0) is 16.2. The van der Waals surface area contributed by atoms with Gasteiger partial charge in [-0.15, -0.1) is 10.2 Å². The summed E-state index contributed by atoms with van der Waals surface area (Å²) in [6, 6.07) is 9.25. The highest BCUT2D eigenvalue weighted by Crippen LogP contribution is 2.15. The first-order valence-corrected chi connectivity index (χ1v) is 6.61. The number of imidazole rings is 1. The molecule has 1 amide bonds. The number of rotatable bonds is 4.